The van der Waals surface area contributed by atoms with Gasteiger partial charge in [-0.1, -0.05) is 23.7 Å². The fourth-order valence-corrected chi connectivity index (χ4v) is 3.13. The molecule has 2 unspecified atom stereocenters. The van der Waals surface area contributed by atoms with Crippen LogP contribution < -0.4 is 10.6 Å². The molecule has 1 fully saturated rings. The summed E-state index contributed by atoms with van der Waals surface area (Å²) in [6.45, 7) is 0.134. The van der Waals surface area contributed by atoms with Gasteiger partial charge in [0.2, 0.25) is 11.8 Å². The summed E-state index contributed by atoms with van der Waals surface area (Å²) in [5, 5.41) is 5.55. The largest absolute Gasteiger partial charge is 0.416 e. The number of benzene rings is 2. The van der Waals surface area contributed by atoms with Gasteiger partial charge >= 0.3 is 6.18 Å². The zero-order valence-corrected chi connectivity index (χ0v) is 15.1. The fraction of sp³-hybridized carbons (Fsp3) is 0.263. The van der Waals surface area contributed by atoms with E-state index in [-0.39, 0.29) is 24.4 Å². The van der Waals surface area contributed by atoms with E-state index in [2.05, 4.69) is 10.6 Å². The van der Waals surface area contributed by atoms with Crippen LogP contribution in [0.2, 0.25) is 5.02 Å². The first kappa shape index (κ1) is 20.1. The average Bonchev–Trinajstić information content (AvgIpc) is 3.06. The van der Waals surface area contributed by atoms with E-state index in [9.17, 15) is 27.2 Å². The van der Waals surface area contributed by atoms with Crippen LogP contribution in [0.4, 0.5) is 17.6 Å². The first-order chi connectivity index (χ1) is 13.1. The Morgan fingerprint density at radius 2 is 1.82 bits per heavy atom. The number of hydrogen-bond acceptors (Lipinski definition) is 2. The van der Waals surface area contributed by atoms with Crippen LogP contribution in [0.15, 0.2) is 42.5 Å². The summed E-state index contributed by atoms with van der Waals surface area (Å²) in [6.07, 6.45) is -4.76. The van der Waals surface area contributed by atoms with Gasteiger partial charge in [0, 0.05) is 18.0 Å². The summed E-state index contributed by atoms with van der Waals surface area (Å²) in [5.74, 6) is -2.53. The first-order valence-corrected chi connectivity index (χ1v) is 8.71. The van der Waals surface area contributed by atoms with E-state index in [1.54, 1.807) is 0 Å². The highest BCUT2D eigenvalue weighted by molar-refractivity contribution is 6.30. The number of carbonyl (C=O) groups is 2. The summed E-state index contributed by atoms with van der Waals surface area (Å²) in [7, 11) is 0. The Kier molecular flexibility index (Phi) is 5.60. The highest BCUT2D eigenvalue weighted by Gasteiger charge is 2.34. The highest BCUT2D eigenvalue weighted by atomic mass is 35.5. The van der Waals surface area contributed by atoms with Gasteiger partial charge in [-0.15, -0.1) is 0 Å². The molecule has 4 nitrogen and oxygen atoms in total. The van der Waals surface area contributed by atoms with Crippen LogP contribution in [0.25, 0.3) is 0 Å². The maximum Gasteiger partial charge on any atom is 0.416 e. The zero-order chi connectivity index (χ0) is 20.5. The monoisotopic (exact) mass is 414 g/mol. The maximum absolute atomic E-state index is 13.9. The van der Waals surface area contributed by atoms with Crippen molar-refractivity contribution in [1.29, 1.82) is 0 Å². The van der Waals surface area contributed by atoms with E-state index in [0.717, 1.165) is 12.1 Å². The minimum Gasteiger partial charge on any atom is -0.355 e. The topological polar surface area (TPSA) is 58.2 Å². The Morgan fingerprint density at radius 3 is 2.39 bits per heavy atom. The number of amides is 2. The van der Waals surface area contributed by atoms with Gasteiger partial charge in [0.1, 0.15) is 5.82 Å². The van der Waals surface area contributed by atoms with E-state index in [0.29, 0.717) is 16.7 Å². The summed E-state index contributed by atoms with van der Waals surface area (Å²) >= 11 is 5.86. The van der Waals surface area contributed by atoms with Crippen molar-refractivity contribution < 1.29 is 27.2 Å². The SMILES string of the molecule is O=C1CC(C(=O)NC(c2ccc(Cl)cc2)c2cc(F)cc(C(F)(F)F)c2)CN1. The van der Waals surface area contributed by atoms with Gasteiger partial charge in [-0.3, -0.25) is 9.59 Å². The van der Waals surface area contributed by atoms with Gasteiger partial charge in [0.25, 0.3) is 0 Å². The van der Waals surface area contributed by atoms with E-state index in [4.69, 9.17) is 11.6 Å². The molecule has 0 spiro atoms. The Balaban J connectivity index is 1.99. The third-order valence-corrected chi connectivity index (χ3v) is 4.67. The second kappa shape index (κ2) is 7.79. The predicted molar refractivity (Wildman–Crippen MR) is 94.0 cm³/mol. The highest BCUT2D eigenvalue weighted by Crippen LogP contribution is 2.33. The van der Waals surface area contributed by atoms with Gasteiger partial charge < -0.3 is 10.6 Å². The fourth-order valence-electron chi connectivity index (χ4n) is 3.01. The normalized spacial score (nSPS) is 17.9. The van der Waals surface area contributed by atoms with Crippen LogP contribution in [0.3, 0.4) is 0 Å². The molecule has 0 aromatic heterocycles. The van der Waals surface area contributed by atoms with E-state index >= 15 is 0 Å². The summed E-state index contributed by atoms with van der Waals surface area (Å²) < 4.78 is 53.2. The molecule has 9 heteroatoms. The van der Waals surface area contributed by atoms with Crippen LogP contribution in [-0.2, 0) is 15.8 Å². The second-order valence-corrected chi connectivity index (χ2v) is 6.91. The molecule has 148 valence electrons. The van der Waals surface area contributed by atoms with Crippen molar-refractivity contribution in [1.82, 2.24) is 10.6 Å². The Bertz CT molecular complexity index is 900. The van der Waals surface area contributed by atoms with Gasteiger partial charge in [0.15, 0.2) is 0 Å². The molecule has 0 radical (unpaired) electrons. The van der Waals surface area contributed by atoms with Crippen LogP contribution in [0, 0.1) is 11.7 Å². The quantitative estimate of drug-likeness (QED) is 0.747. The molecule has 0 aliphatic carbocycles. The molecule has 2 N–H and O–H groups in total. The first-order valence-electron chi connectivity index (χ1n) is 8.33. The molecular weight excluding hydrogens is 400 g/mol. The lowest BCUT2D eigenvalue weighted by atomic mass is 9.95. The van der Waals surface area contributed by atoms with Crippen molar-refractivity contribution in [3.63, 3.8) is 0 Å². The van der Waals surface area contributed by atoms with Crippen LogP contribution in [0.1, 0.15) is 29.2 Å². The van der Waals surface area contributed by atoms with Crippen molar-refractivity contribution in [2.24, 2.45) is 5.92 Å². The number of carbonyl (C=O) groups excluding carboxylic acids is 2. The molecule has 28 heavy (non-hydrogen) atoms. The lowest BCUT2D eigenvalue weighted by Crippen LogP contribution is -2.35. The van der Waals surface area contributed by atoms with E-state index in [1.165, 1.54) is 24.3 Å². The Labute approximate surface area is 162 Å². The number of hydrogen-bond donors (Lipinski definition) is 2. The summed E-state index contributed by atoms with van der Waals surface area (Å²) in [4.78, 5) is 23.9. The lowest BCUT2D eigenvalue weighted by Gasteiger charge is -2.22. The van der Waals surface area contributed by atoms with Gasteiger partial charge in [-0.2, -0.15) is 13.2 Å². The van der Waals surface area contributed by atoms with Gasteiger partial charge in [-0.25, -0.2) is 4.39 Å². The lowest BCUT2D eigenvalue weighted by molar-refractivity contribution is -0.137. The number of alkyl halides is 3. The molecule has 2 aromatic rings. The van der Waals surface area contributed by atoms with Crippen molar-refractivity contribution in [3.05, 3.63) is 70.0 Å². The van der Waals surface area contributed by atoms with Crippen LogP contribution >= 0.6 is 11.6 Å². The summed E-state index contributed by atoms with van der Waals surface area (Å²) in [6, 6.07) is 7.17. The van der Waals surface area contributed by atoms with E-state index in [1.807, 2.05) is 0 Å². The molecule has 3 rings (SSSR count). The number of nitrogens with one attached hydrogen (secondary N) is 2. The summed E-state index contributed by atoms with van der Waals surface area (Å²) in [5.41, 5.74) is -0.803. The van der Waals surface area contributed by atoms with Crippen molar-refractivity contribution in [2.75, 3.05) is 6.54 Å². The molecule has 2 atom stereocenters. The molecule has 0 saturated carbocycles. The smallest absolute Gasteiger partial charge is 0.355 e. The molecule has 1 aliphatic heterocycles. The third-order valence-electron chi connectivity index (χ3n) is 4.42. The molecule has 1 aliphatic rings. The van der Waals surface area contributed by atoms with Crippen molar-refractivity contribution in [3.8, 4) is 0 Å². The van der Waals surface area contributed by atoms with Crippen molar-refractivity contribution >= 4 is 23.4 Å². The third kappa shape index (κ3) is 4.62. The minimum absolute atomic E-state index is 0.0177. The Morgan fingerprint density at radius 1 is 1.14 bits per heavy atom. The molecule has 2 aromatic carbocycles. The minimum atomic E-state index is -4.74. The second-order valence-electron chi connectivity index (χ2n) is 6.47. The molecule has 0 bridgehead atoms. The number of halogens is 5. The maximum atomic E-state index is 13.9. The number of rotatable bonds is 4. The van der Waals surface area contributed by atoms with Crippen molar-refractivity contribution in [2.45, 2.75) is 18.6 Å². The standard InChI is InChI=1S/C19H15ClF4N2O2/c20-14-3-1-10(2-4-14)17(26-18(28)12-7-16(27)25-9-12)11-5-13(19(22,23)24)8-15(21)6-11/h1-6,8,12,17H,7,9H2,(H,25,27)(H,26,28). The Hall–Kier alpha value is -2.61. The van der Waals surface area contributed by atoms with Crippen LogP contribution in [-0.4, -0.2) is 18.4 Å². The predicted octanol–water partition coefficient (Wildman–Crippen LogP) is 3.84. The van der Waals surface area contributed by atoms with Crippen LogP contribution in [0.5, 0.6) is 0 Å². The van der Waals surface area contributed by atoms with E-state index < -0.39 is 35.4 Å². The van der Waals surface area contributed by atoms with Gasteiger partial charge in [-0.05, 0) is 41.5 Å². The molecule has 1 saturated heterocycles. The zero-order valence-electron chi connectivity index (χ0n) is 14.3. The average molecular weight is 415 g/mol. The molecular formula is C19H15ClF4N2O2. The molecule has 2 amide bonds. The van der Waals surface area contributed by atoms with Gasteiger partial charge in [0.05, 0.1) is 17.5 Å². The molecule has 1 heterocycles.